The molecule has 1 aliphatic rings. The van der Waals surface area contributed by atoms with Gasteiger partial charge in [-0.1, -0.05) is 13.8 Å². The van der Waals surface area contributed by atoms with Crippen LogP contribution in [0.2, 0.25) is 0 Å². The lowest BCUT2D eigenvalue weighted by molar-refractivity contribution is -0.133. The van der Waals surface area contributed by atoms with Crippen LogP contribution in [0.25, 0.3) is 0 Å². The fraction of sp³-hybridized carbons (Fsp3) is 0.923. The summed E-state index contributed by atoms with van der Waals surface area (Å²) in [7, 11) is 1.94. The van der Waals surface area contributed by atoms with Crippen LogP contribution in [0, 0.1) is 5.92 Å². The van der Waals surface area contributed by atoms with Crippen LogP contribution in [-0.2, 0) is 4.79 Å². The van der Waals surface area contributed by atoms with Crippen LogP contribution in [-0.4, -0.2) is 48.2 Å². The van der Waals surface area contributed by atoms with Gasteiger partial charge >= 0.3 is 0 Å². The molecule has 0 saturated carbocycles. The molecular weight excluding hydrogens is 216 g/mol. The predicted octanol–water partition coefficient (Wildman–Crippen LogP) is 0.994. The molecule has 1 amide bonds. The SMILES string of the molecule is CCC(=O)N1CC(CC(O)CC)CC(NC)C1. The summed E-state index contributed by atoms with van der Waals surface area (Å²) >= 11 is 0. The Kier molecular flexibility index (Phi) is 5.92. The number of hydrogen-bond donors (Lipinski definition) is 2. The number of carbonyl (C=O) groups excluding carboxylic acids is 1. The molecule has 0 bridgehead atoms. The molecule has 3 atom stereocenters. The molecule has 0 aliphatic carbocycles. The Labute approximate surface area is 104 Å². The number of piperidine rings is 1. The third-order valence-corrected chi connectivity index (χ3v) is 3.68. The zero-order chi connectivity index (χ0) is 12.8. The molecule has 0 spiro atoms. The molecule has 1 aliphatic heterocycles. The number of likely N-dealkylation sites (N-methyl/N-ethyl adjacent to an activating group) is 1. The first-order chi connectivity index (χ1) is 8.10. The number of aliphatic hydroxyl groups is 1. The number of nitrogens with zero attached hydrogens (tertiary/aromatic N) is 1. The molecule has 2 N–H and O–H groups in total. The zero-order valence-electron chi connectivity index (χ0n) is 11.3. The minimum Gasteiger partial charge on any atom is -0.393 e. The quantitative estimate of drug-likeness (QED) is 0.756. The van der Waals surface area contributed by atoms with Gasteiger partial charge in [0.05, 0.1) is 6.10 Å². The minimum absolute atomic E-state index is 0.223. The van der Waals surface area contributed by atoms with Crippen LogP contribution in [0.15, 0.2) is 0 Å². The lowest BCUT2D eigenvalue weighted by Crippen LogP contribution is -2.50. The Bertz CT molecular complexity index is 244. The highest BCUT2D eigenvalue weighted by atomic mass is 16.3. The van der Waals surface area contributed by atoms with Crippen LogP contribution < -0.4 is 5.32 Å². The molecule has 1 saturated heterocycles. The lowest BCUT2D eigenvalue weighted by Gasteiger charge is -2.38. The monoisotopic (exact) mass is 242 g/mol. The van der Waals surface area contributed by atoms with Crippen molar-refractivity contribution in [2.45, 2.75) is 51.7 Å². The molecule has 0 aromatic heterocycles. The van der Waals surface area contributed by atoms with Gasteiger partial charge in [-0.25, -0.2) is 0 Å². The fourth-order valence-corrected chi connectivity index (χ4v) is 2.56. The Morgan fingerprint density at radius 1 is 1.47 bits per heavy atom. The van der Waals surface area contributed by atoms with Crippen molar-refractivity contribution in [3.63, 3.8) is 0 Å². The van der Waals surface area contributed by atoms with E-state index >= 15 is 0 Å². The number of rotatable bonds is 5. The lowest BCUT2D eigenvalue weighted by atomic mass is 9.89. The summed E-state index contributed by atoms with van der Waals surface area (Å²) in [5.41, 5.74) is 0. The van der Waals surface area contributed by atoms with Crippen LogP contribution >= 0.6 is 0 Å². The highest BCUT2D eigenvalue weighted by molar-refractivity contribution is 5.76. The van der Waals surface area contributed by atoms with Gasteiger partial charge in [0.15, 0.2) is 0 Å². The molecule has 0 aromatic carbocycles. The summed E-state index contributed by atoms with van der Waals surface area (Å²) in [5, 5.41) is 13.0. The maximum atomic E-state index is 11.8. The summed E-state index contributed by atoms with van der Waals surface area (Å²) in [6, 6.07) is 0.369. The second kappa shape index (κ2) is 6.97. The number of likely N-dealkylation sites (tertiary alicyclic amines) is 1. The summed E-state index contributed by atoms with van der Waals surface area (Å²) in [6.45, 7) is 5.52. The summed E-state index contributed by atoms with van der Waals surface area (Å²) in [5.74, 6) is 0.646. The van der Waals surface area contributed by atoms with Gasteiger partial charge in [-0.15, -0.1) is 0 Å². The first-order valence-electron chi connectivity index (χ1n) is 6.73. The molecule has 1 fully saturated rings. The molecule has 4 heteroatoms. The van der Waals surface area contributed by atoms with Gasteiger partial charge in [0.25, 0.3) is 0 Å². The molecule has 4 nitrogen and oxygen atoms in total. The van der Waals surface area contributed by atoms with Crippen LogP contribution in [0.1, 0.15) is 39.5 Å². The van der Waals surface area contributed by atoms with E-state index in [4.69, 9.17) is 0 Å². The van der Waals surface area contributed by atoms with Gasteiger partial charge in [0.1, 0.15) is 0 Å². The molecular formula is C13H26N2O2. The smallest absolute Gasteiger partial charge is 0.222 e. The maximum Gasteiger partial charge on any atom is 0.222 e. The number of hydrogen-bond acceptors (Lipinski definition) is 3. The van der Waals surface area contributed by atoms with Gasteiger partial charge < -0.3 is 15.3 Å². The van der Waals surface area contributed by atoms with Crippen molar-refractivity contribution in [3.8, 4) is 0 Å². The molecule has 0 aromatic rings. The number of aliphatic hydroxyl groups excluding tert-OH is 1. The first-order valence-corrected chi connectivity index (χ1v) is 6.73. The Morgan fingerprint density at radius 3 is 2.71 bits per heavy atom. The van der Waals surface area contributed by atoms with Gasteiger partial charge in [-0.05, 0) is 32.2 Å². The number of nitrogens with one attached hydrogen (secondary N) is 1. The van der Waals surface area contributed by atoms with E-state index < -0.39 is 0 Å². The van der Waals surface area contributed by atoms with E-state index in [1.165, 1.54) is 0 Å². The second-order valence-electron chi connectivity index (χ2n) is 5.04. The van der Waals surface area contributed by atoms with E-state index in [-0.39, 0.29) is 12.0 Å². The van der Waals surface area contributed by atoms with E-state index in [1.807, 2.05) is 25.8 Å². The first kappa shape index (κ1) is 14.5. The number of amides is 1. The van der Waals surface area contributed by atoms with Crippen molar-refractivity contribution < 1.29 is 9.90 Å². The third-order valence-electron chi connectivity index (χ3n) is 3.68. The highest BCUT2D eigenvalue weighted by Gasteiger charge is 2.29. The molecule has 1 rings (SSSR count). The molecule has 1 heterocycles. The van der Waals surface area contributed by atoms with E-state index in [0.717, 1.165) is 32.4 Å². The van der Waals surface area contributed by atoms with Crippen LogP contribution in [0.5, 0.6) is 0 Å². The third kappa shape index (κ3) is 4.28. The van der Waals surface area contributed by atoms with Crippen molar-refractivity contribution in [1.82, 2.24) is 10.2 Å². The van der Waals surface area contributed by atoms with E-state index in [1.54, 1.807) is 0 Å². The Hall–Kier alpha value is -0.610. The molecule has 3 unspecified atom stereocenters. The topological polar surface area (TPSA) is 52.6 Å². The summed E-state index contributed by atoms with van der Waals surface area (Å²) in [6.07, 6.45) is 3.00. The summed E-state index contributed by atoms with van der Waals surface area (Å²) in [4.78, 5) is 13.7. The molecule has 100 valence electrons. The summed E-state index contributed by atoms with van der Waals surface area (Å²) < 4.78 is 0. The Balaban J connectivity index is 2.56. The second-order valence-corrected chi connectivity index (χ2v) is 5.04. The van der Waals surface area contributed by atoms with Gasteiger partial charge in [0, 0.05) is 25.6 Å². The minimum atomic E-state index is -0.228. The standard InChI is InChI=1S/C13H26N2O2/c1-4-12(16)7-10-6-11(14-3)9-15(8-10)13(17)5-2/h10-12,14,16H,4-9H2,1-3H3. The predicted molar refractivity (Wildman–Crippen MR) is 68.7 cm³/mol. The van der Waals surface area contributed by atoms with Gasteiger partial charge in [0.2, 0.25) is 5.91 Å². The van der Waals surface area contributed by atoms with E-state index in [0.29, 0.717) is 18.4 Å². The van der Waals surface area contributed by atoms with Crippen molar-refractivity contribution in [2.24, 2.45) is 5.92 Å². The Morgan fingerprint density at radius 2 is 2.18 bits per heavy atom. The number of carbonyl (C=O) groups is 1. The zero-order valence-corrected chi connectivity index (χ0v) is 11.3. The van der Waals surface area contributed by atoms with Gasteiger partial charge in [-0.2, -0.15) is 0 Å². The van der Waals surface area contributed by atoms with Crippen molar-refractivity contribution in [1.29, 1.82) is 0 Å². The molecule has 17 heavy (non-hydrogen) atoms. The fourth-order valence-electron chi connectivity index (χ4n) is 2.56. The van der Waals surface area contributed by atoms with Crippen molar-refractivity contribution >= 4 is 5.91 Å². The molecule has 0 radical (unpaired) electrons. The average molecular weight is 242 g/mol. The van der Waals surface area contributed by atoms with Crippen LogP contribution in [0.3, 0.4) is 0 Å². The maximum absolute atomic E-state index is 11.8. The van der Waals surface area contributed by atoms with Crippen molar-refractivity contribution in [2.75, 3.05) is 20.1 Å². The van der Waals surface area contributed by atoms with E-state index in [2.05, 4.69) is 5.32 Å². The highest BCUT2D eigenvalue weighted by Crippen LogP contribution is 2.22. The van der Waals surface area contributed by atoms with E-state index in [9.17, 15) is 9.90 Å². The van der Waals surface area contributed by atoms with Crippen molar-refractivity contribution in [3.05, 3.63) is 0 Å². The normalized spacial score (nSPS) is 26.9. The average Bonchev–Trinajstić information content (AvgIpc) is 2.36. The van der Waals surface area contributed by atoms with Gasteiger partial charge in [-0.3, -0.25) is 4.79 Å². The van der Waals surface area contributed by atoms with Crippen LogP contribution in [0.4, 0.5) is 0 Å². The largest absolute Gasteiger partial charge is 0.393 e.